The molecule has 0 saturated heterocycles. The lowest BCUT2D eigenvalue weighted by molar-refractivity contribution is -0.120. The van der Waals surface area contributed by atoms with Gasteiger partial charge in [0.15, 0.2) is 11.5 Å². The Morgan fingerprint density at radius 3 is 2.87 bits per heavy atom. The van der Waals surface area contributed by atoms with Crippen molar-refractivity contribution in [1.82, 2.24) is 5.32 Å². The van der Waals surface area contributed by atoms with Crippen LogP contribution in [0.4, 0.5) is 0 Å². The van der Waals surface area contributed by atoms with Crippen molar-refractivity contribution in [1.29, 1.82) is 0 Å². The van der Waals surface area contributed by atoms with Gasteiger partial charge in [0.1, 0.15) is 0 Å². The molecule has 1 amide bonds. The van der Waals surface area contributed by atoms with Crippen LogP contribution in [0.3, 0.4) is 0 Å². The average molecular weight is 209 g/mol. The van der Waals surface area contributed by atoms with E-state index in [1.54, 1.807) is 12.1 Å². The van der Waals surface area contributed by atoms with Gasteiger partial charge < -0.3 is 15.2 Å². The van der Waals surface area contributed by atoms with Crippen LogP contribution in [0.25, 0.3) is 0 Å². The van der Waals surface area contributed by atoms with E-state index in [0.29, 0.717) is 19.4 Å². The molecular formula is C10H11NO4. The fourth-order valence-corrected chi connectivity index (χ4v) is 1.14. The Kier molecular flexibility index (Phi) is 4.15. The number of aromatic hydroxyl groups is 1. The highest BCUT2D eigenvalue weighted by Crippen LogP contribution is 2.26. The van der Waals surface area contributed by atoms with E-state index in [4.69, 9.17) is 0 Å². The van der Waals surface area contributed by atoms with E-state index in [-0.39, 0.29) is 18.0 Å². The van der Waals surface area contributed by atoms with Crippen molar-refractivity contribution in [3.63, 3.8) is 0 Å². The lowest BCUT2D eigenvalue weighted by Crippen LogP contribution is -2.14. The summed E-state index contributed by atoms with van der Waals surface area (Å²) < 4.78 is 4.56. The molecule has 80 valence electrons. The van der Waals surface area contributed by atoms with Crippen LogP contribution >= 0.6 is 0 Å². The minimum Gasteiger partial charge on any atom is -0.504 e. The van der Waals surface area contributed by atoms with Crippen molar-refractivity contribution >= 4 is 12.9 Å². The predicted molar refractivity (Wildman–Crippen MR) is 52.6 cm³/mol. The molecule has 2 N–H and O–H groups in total. The normalized spacial score (nSPS) is 9.33. The fraction of sp³-hybridized carbons (Fsp3) is 0.200. The molecule has 0 radical (unpaired) electrons. The van der Waals surface area contributed by atoms with Gasteiger partial charge in [-0.3, -0.25) is 9.59 Å². The number of carbonyl (C=O) groups is 2. The van der Waals surface area contributed by atoms with Crippen molar-refractivity contribution in [2.24, 2.45) is 0 Å². The number of rotatable bonds is 6. The summed E-state index contributed by atoms with van der Waals surface area (Å²) >= 11 is 0. The van der Waals surface area contributed by atoms with Crippen LogP contribution < -0.4 is 10.1 Å². The third-order valence-corrected chi connectivity index (χ3v) is 1.84. The van der Waals surface area contributed by atoms with Crippen molar-refractivity contribution in [3.05, 3.63) is 23.8 Å². The van der Waals surface area contributed by atoms with Crippen LogP contribution in [0.5, 0.6) is 11.5 Å². The summed E-state index contributed by atoms with van der Waals surface area (Å²) in [4.78, 5) is 20.1. The van der Waals surface area contributed by atoms with Gasteiger partial charge in [-0.15, -0.1) is 0 Å². The average Bonchev–Trinajstić information content (AvgIpc) is 2.23. The van der Waals surface area contributed by atoms with Crippen molar-refractivity contribution in [3.8, 4) is 11.5 Å². The topological polar surface area (TPSA) is 75.6 Å². The fourth-order valence-electron chi connectivity index (χ4n) is 1.14. The molecule has 0 aliphatic carbocycles. The molecule has 0 fully saturated rings. The lowest BCUT2D eigenvalue weighted by Gasteiger charge is -2.05. The Morgan fingerprint density at radius 2 is 2.20 bits per heavy atom. The molecule has 1 aromatic rings. The summed E-state index contributed by atoms with van der Waals surface area (Å²) in [7, 11) is 0. The van der Waals surface area contributed by atoms with E-state index < -0.39 is 0 Å². The maximum Gasteiger partial charge on any atom is 0.298 e. The summed E-state index contributed by atoms with van der Waals surface area (Å²) in [5.74, 6) is 0.0304. The van der Waals surface area contributed by atoms with Gasteiger partial charge in [0.25, 0.3) is 6.47 Å². The molecule has 0 saturated carbocycles. The summed E-state index contributed by atoms with van der Waals surface area (Å²) in [6, 6.07) is 4.69. The highest BCUT2D eigenvalue weighted by atomic mass is 16.5. The smallest absolute Gasteiger partial charge is 0.298 e. The molecule has 5 heteroatoms. The number of hydrogen-bond acceptors (Lipinski definition) is 4. The van der Waals surface area contributed by atoms with Crippen LogP contribution in [-0.2, 0) is 16.0 Å². The third-order valence-electron chi connectivity index (χ3n) is 1.84. The minimum absolute atomic E-state index is 0.0887. The zero-order valence-electron chi connectivity index (χ0n) is 7.97. The van der Waals surface area contributed by atoms with Gasteiger partial charge in [-0.25, -0.2) is 0 Å². The Bertz CT molecular complexity index is 351. The summed E-state index contributed by atoms with van der Waals surface area (Å²) in [5, 5.41) is 11.8. The van der Waals surface area contributed by atoms with Gasteiger partial charge in [-0.2, -0.15) is 0 Å². The van der Waals surface area contributed by atoms with Crippen LogP contribution in [0.2, 0.25) is 0 Å². The second kappa shape index (κ2) is 5.64. The summed E-state index contributed by atoms with van der Waals surface area (Å²) in [5.41, 5.74) is 0.860. The lowest BCUT2D eigenvalue weighted by atomic mass is 10.1. The Balaban J connectivity index is 2.68. The molecule has 0 atom stereocenters. The van der Waals surface area contributed by atoms with Crippen LogP contribution in [-0.4, -0.2) is 24.5 Å². The Labute approximate surface area is 86.7 Å². The van der Waals surface area contributed by atoms with E-state index in [9.17, 15) is 14.7 Å². The van der Waals surface area contributed by atoms with Gasteiger partial charge >= 0.3 is 0 Å². The predicted octanol–water partition coefficient (Wildman–Crippen LogP) is 0.216. The van der Waals surface area contributed by atoms with Gasteiger partial charge in [-0.1, -0.05) is 6.07 Å². The molecule has 0 aromatic heterocycles. The highest BCUT2D eigenvalue weighted by molar-refractivity contribution is 5.51. The molecule has 0 unspecified atom stereocenters. The number of benzene rings is 1. The van der Waals surface area contributed by atoms with Gasteiger partial charge in [-0.05, 0) is 24.1 Å². The van der Waals surface area contributed by atoms with E-state index in [1.165, 1.54) is 6.07 Å². The largest absolute Gasteiger partial charge is 0.504 e. The molecule has 0 spiro atoms. The third kappa shape index (κ3) is 3.30. The molecule has 1 aromatic carbocycles. The number of phenols is 1. The van der Waals surface area contributed by atoms with Crippen molar-refractivity contribution < 1.29 is 19.4 Å². The number of nitrogens with one attached hydrogen (secondary N) is 1. The van der Waals surface area contributed by atoms with Crippen LogP contribution in [0, 0.1) is 0 Å². The highest BCUT2D eigenvalue weighted by Gasteiger charge is 2.03. The maximum absolute atomic E-state index is 10.1. The Hall–Kier alpha value is -2.04. The molecule has 0 aliphatic rings. The first-order chi connectivity index (χ1) is 7.27. The molecule has 15 heavy (non-hydrogen) atoms. The molecule has 1 rings (SSSR count). The maximum atomic E-state index is 10.1. The van der Waals surface area contributed by atoms with Crippen molar-refractivity contribution in [2.75, 3.05) is 6.54 Å². The number of carbonyl (C=O) groups excluding carboxylic acids is 2. The van der Waals surface area contributed by atoms with E-state index >= 15 is 0 Å². The number of ether oxygens (including phenoxy) is 1. The van der Waals surface area contributed by atoms with E-state index in [1.807, 2.05) is 0 Å². The Morgan fingerprint density at radius 1 is 1.40 bits per heavy atom. The minimum atomic E-state index is -0.0887. The second-order valence-corrected chi connectivity index (χ2v) is 2.84. The first-order valence-electron chi connectivity index (χ1n) is 4.37. The van der Waals surface area contributed by atoms with Gasteiger partial charge in [0, 0.05) is 6.54 Å². The van der Waals surface area contributed by atoms with E-state index in [0.717, 1.165) is 5.56 Å². The SMILES string of the molecule is O=CNCCc1ccc(O)c(OC=O)c1. The first kappa shape index (κ1) is 11.0. The molecule has 0 heterocycles. The zero-order chi connectivity index (χ0) is 11.1. The molecule has 0 bridgehead atoms. The number of phenolic OH excluding ortho intramolecular Hbond substituents is 1. The van der Waals surface area contributed by atoms with Crippen molar-refractivity contribution in [2.45, 2.75) is 6.42 Å². The molecular weight excluding hydrogens is 198 g/mol. The van der Waals surface area contributed by atoms with Crippen LogP contribution in [0.15, 0.2) is 18.2 Å². The number of hydrogen-bond donors (Lipinski definition) is 2. The van der Waals surface area contributed by atoms with Gasteiger partial charge in [0.2, 0.25) is 6.41 Å². The van der Waals surface area contributed by atoms with Gasteiger partial charge in [0.05, 0.1) is 0 Å². The molecule has 5 nitrogen and oxygen atoms in total. The summed E-state index contributed by atoms with van der Waals surface area (Å²) in [6.07, 6.45) is 1.22. The quantitative estimate of drug-likeness (QED) is 0.519. The first-order valence-corrected chi connectivity index (χ1v) is 4.37. The standard InChI is InChI=1S/C10H11NO4/c12-6-11-4-3-8-1-2-9(14)10(5-8)15-7-13/h1-2,5-7,14H,3-4H2,(H,11,12). The molecule has 0 aliphatic heterocycles. The second-order valence-electron chi connectivity index (χ2n) is 2.84. The monoisotopic (exact) mass is 209 g/mol. The van der Waals surface area contributed by atoms with E-state index in [2.05, 4.69) is 10.1 Å². The number of amides is 1. The summed E-state index contributed by atoms with van der Waals surface area (Å²) in [6.45, 7) is 0.747. The van der Waals surface area contributed by atoms with Crippen LogP contribution in [0.1, 0.15) is 5.56 Å². The zero-order valence-corrected chi connectivity index (χ0v) is 7.97.